The van der Waals surface area contributed by atoms with E-state index in [1.54, 1.807) is 6.07 Å². The quantitative estimate of drug-likeness (QED) is 0.697. The number of pyridine rings is 1. The highest BCUT2D eigenvalue weighted by Gasteiger charge is 2.14. The van der Waals surface area contributed by atoms with Crippen LogP contribution in [0.4, 0.5) is 11.5 Å². The highest BCUT2D eigenvalue weighted by atomic mass is 32.2. The van der Waals surface area contributed by atoms with Crippen LogP contribution in [-0.4, -0.2) is 33.5 Å². The molecular weight excluding hydrogens is 384 g/mol. The van der Waals surface area contributed by atoms with Gasteiger partial charge in [0.15, 0.2) is 0 Å². The Morgan fingerprint density at radius 2 is 1.96 bits per heavy atom. The van der Waals surface area contributed by atoms with Gasteiger partial charge in [-0.1, -0.05) is 0 Å². The maximum atomic E-state index is 12.2. The third-order valence-corrected chi connectivity index (χ3v) is 5.33. The maximum absolute atomic E-state index is 12.2. The van der Waals surface area contributed by atoms with Crippen molar-refractivity contribution in [1.29, 1.82) is 0 Å². The van der Waals surface area contributed by atoms with E-state index in [-0.39, 0.29) is 17.3 Å². The third kappa shape index (κ3) is 4.50. The summed E-state index contributed by atoms with van der Waals surface area (Å²) in [4.78, 5) is 28.4. The number of hydrogen-bond donors (Lipinski definition) is 2. The van der Waals surface area contributed by atoms with Gasteiger partial charge in [0.05, 0.1) is 5.56 Å². The Hall–Kier alpha value is -2.78. The van der Waals surface area contributed by atoms with Crippen molar-refractivity contribution in [3.05, 3.63) is 42.1 Å². The van der Waals surface area contributed by atoms with Gasteiger partial charge in [-0.15, -0.1) is 11.3 Å². The van der Waals surface area contributed by atoms with Crippen LogP contribution in [0.2, 0.25) is 0 Å². The zero-order valence-electron chi connectivity index (χ0n) is 15.0. The Balaban J connectivity index is 2.05. The van der Waals surface area contributed by atoms with Crippen LogP contribution >= 0.6 is 11.3 Å². The minimum atomic E-state index is -2.56. The summed E-state index contributed by atoms with van der Waals surface area (Å²) in [5, 5.41) is 3.68. The van der Waals surface area contributed by atoms with Crippen molar-refractivity contribution >= 4 is 54.5 Å². The molecule has 1 aromatic carbocycles. The Morgan fingerprint density at radius 1 is 1.22 bits per heavy atom. The first kappa shape index (κ1) is 19.0. The maximum Gasteiger partial charge on any atom is 0.286 e. The van der Waals surface area contributed by atoms with E-state index < -0.39 is 15.6 Å². The van der Waals surface area contributed by atoms with E-state index in [4.69, 9.17) is 5.73 Å². The minimum Gasteiger partial charge on any atom is -0.383 e. The molecule has 0 atom stereocenters. The van der Waals surface area contributed by atoms with Crippen molar-refractivity contribution in [1.82, 2.24) is 4.98 Å². The van der Waals surface area contributed by atoms with Gasteiger partial charge in [-0.3, -0.25) is 9.59 Å². The van der Waals surface area contributed by atoms with Gasteiger partial charge in [0.25, 0.3) is 5.91 Å². The molecule has 3 aromatic rings. The van der Waals surface area contributed by atoms with E-state index in [2.05, 4.69) is 14.7 Å². The van der Waals surface area contributed by atoms with Crippen molar-refractivity contribution in [2.75, 3.05) is 23.6 Å². The smallest absolute Gasteiger partial charge is 0.286 e. The summed E-state index contributed by atoms with van der Waals surface area (Å²) in [5.41, 5.74) is 7.55. The number of carbonyl (C=O) groups excluding carboxylic acids is 2. The zero-order chi connectivity index (χ0) is 19.8. The number of nitrogens with two attached hydrogens (primary N) is 1. The molecule has 0 saturated heterocycles. The second kappa shape index (κ2) is 7.09. The van der Waals surface area contributed by atoms with Gasteiger partial charge in [-0.05, 0) is 35.7 Å². The largest absolute Gasteiger partial charge is 0.383 e. The van der Waals surface area contributed by atoms with Gasteiger partial charge in [0, 0.05) is 56.2 Å². The lowest BCUT2D eigenvalue weighted by Crippen LogP contribution is -2.05. The number of anilines is 2. The summed E-state index contributed by atoms with van der Waals surface area (Å²) in [5.74, 6) is -0.446. The second-order valence-corrected chi connectivity index (χ2v) is 9.91. The van der Waals surface area contributed by atoms with Gasteiger partial charge >= 0.3 is 0 Å². The lowest BCUT2D eigenvalue weighted by Gasteiger charge is -2.04. The molecule has 0 saturated carbocycles. The van der Waals surface area contributed by atoms with Gasteiger partial charge in [0.2, 0.25) is 5.91 Å². The minimum absolute atomic E-state index is 0.142. The molecule has 0 spiro atoms. The van der Waals surface area contributed by atoms with E-state index in [0.717, 1.165) is 15.0 Å². The van der Waals surface area contributed by atoms with Crippen molar-refractivity contribution in [3.63, 3.8) is 0 Å². The molecule has 0 bridgehead atoms. The number of rotatable bonds is 3. The fourth-order valence-electron chi connectivity index (χ4n) is 2.50. The average molecular weight is 403 g/mol. The van der Waals surface area contributed by atoms with Gasteiger partial charge in [0.1, 0.15) is 5.82 Å². The molecule has 27 heavy (non-hydrogen) atoms. The van der Waals surface area contributed by atoms with Crippen LogP contribution in [0, 0.1) is 0 Å². The topological polar surface area (TPSA) is 115 Å². The molecule has 0 unspecified atom stereocenters. The fraction of sp³-hybridized carbons (Fsp3) is 0.167. The number of aromatic nitrogens is 1. The van der Waals surface area contributed by atoms with E-state index >= 15 is 0 Å². The molecule has 0 aliphatic heterocycles. The molecule has 140 valence electrons. The summed E-state index contributed by atoms with van der Waals surface area (Å²) >= 11 is 1.49. The van der Waals surface area contributed by atoms with Crippen molar-refractivity contribution in [3.8, 4) is 10.4 Å². The SMILES string of the molecule is CC(=O)Nc1ccc2sc(-c3cc(C(=O)N=S(C)(C)=O)cnc3N)cc2c1. The molecule has 9 heteroatoms. The number of fused-ring (bicyclic) bond motifs is 1. The van der Waals surface area contributed by atoms with Crippen LogP contribution < -0.4 is 11.1 Å². The van der Waals surface area contributed by atoms with E-state index in [1.807, 2.05) is 24.3 Å². The van der Waals surface area contributed by atoms with Gasteiger partial charge in [-0.2, -0.15) is 4.36 Å². The Kier molecular flexibility index (Phi) is 4.99. The van der Waals surface area contributed by atoms with Crippen LogP contribution in [0.5, 0.6) is 0 Å². The first-order chi connectivity index (χ1) is 12.6. The number of amides is 2. The molecule has 0 aliphatic carbocycles. The van der Waals surface area contributed by atoms with Gasteiger partial charge in [-0.25, -0.2) is 9.19 Å². The number of nitrogen functional groups attached to an aromatic ring is 1. The standard InChI is InChI=1S/C18H18N4O3S2/c1-10(23)21-13-4-5-15-11(6-13)8-16(26-15)14-7-12(9-20-17(14)19)18(24)22-27(2,3)25/h4-9H,1-3H3,(H2,19,20)(H,21,23). The first-order valence-corrected chi connectivity index (χ1v) is 11.1. The molecule has 2 aromatic heterocycles. The third-order valence-electron chi connectivity index (χ3n) is 3.57. The molecule has 0 aliphatic rings. The molecule has 0 fully saturated rings. The molecular formula is C18H18N4O3S2. The predicted molar refractivity (Wildman–Crippen MR) is 111 cm³/mol. The number of hydrogen-bond acceptors (Lipinski definition) is 6. The van der Waals surface area contributed by atoms with Crippen LogP contribution in [0.25, 0.3) is 20.5 Å². The lowest BCUT2D eigenvalue weighted by atomic mass is 10.1. The number of nitrogens with one attached hydrogen (secondary N) is 1. The van der Waals surface area contributed by atoms with E-state index in [0.29, 0.717) is 11.3 Å². The summed E-state index contributed by atoms with van der Waals surface area (Å²) in [6, 6.07) is 9.13. The fourth-order valence-corrected chi connectivity index (χ4v) is 4.07. The first-order valence-electron chi connectivity index (χ1n) is 7.91. The molecule has 0 radical (unpaired) electrons. The summed E-state index contributed by atoms with van der Waals surface area (Å²) < 4.78 is 16.5. The second-order valence-electron chi connectivity index (χ2n) is 6.28. The van der Waals surface area contributed by atoms with Crippen molar-refractivity contribution in [2.45, 2.75) is 6.92 Å². The number of carbonyl (C=O) groups is 2. The van der Waals surface area contributed by atoms with Crippen LogP contribution in [0.1, 0.15) is 17.3 Å². The number of benzene rings is 1. The Morgan fingerprint density at radius 3 is 2.63 bits per heavy atom. The zero-order valence-corrected chi connectivity index (χ0v) is 16.6. The molecule has 3 N–H and O–H groups in total. The van der Waals surface area contributed by atoms with Gasteiger partial charge < -0.3 is 11.1 Å². The molecule has 2 amide bonds. The van der Waals surface area contributed by atoms with Crippen LogP contribution in [-0.2, 0) is 14.5 Å². The normalized spacial score (nSPS) is 11.4. The number of thiophene rings is 1. The predicted octanol–water partition coefficient (Wildman–Crippen LogP) is 3.37. The van der Waals surface area contributed by atoms with Crippen LogP contribution in [0.3, 0.4) is 0 Å². The van der Waals surface area contributed by atoms with E-state index in [9.17, 15) is 13.8 Å². The summed E-state index contributed by atoms with van der Waals surface area (Å²) in [7, 11) is -2.56. The Bertz CT molecular complexity index is 1180. The Labute approximate surface area is 160 Å². The monoisotopic (exact) mass is 402 g/mol. The molecule has 2 heterocycles. The van der Waals surface area contributed by atoms with E-state index in [1.165, 1.54) is 37.0 Å². The average Bonchev–Trinajstić information content (AvgIpc) is 2.96. The molecule has 3 rings (SSSR count). The number of nitrogens with zero attached hydrogens (tertiary/aromatic N) is 2. The highest BCUT2D eigenvalue weighted by Crippen LogP contribution is 2.37. The van der Waals surface area contributed by atoms with Crippen LogP contribution in [0.15, 0.2) is 40.9 Å². The summed E-state index contributed by atoms with van der Waals surface area (Å²) in [6.45, 7) is 1.45. The van der Waals surface area contributed by atoms with Crippen molar-refractivity contribution in [2.24, 2.45) is 4.36 Å². The molecule has 7 nitrogen and oxygen atoms in total. The van der Waals surface area contributed by atoms with Crippen molar-refractivity contribution < 1.29 is 13.8 Å². The highest BCUT2D eigenvalue weighted by molar-refractivity contribution is 7.92. The lowest BCUT2D eigenvalue weighted by molar-refractivity contribution is -0.114. The summed E-state index contributed by atoms with van der Waals surface area (Å²) in [6.07, 6.45) is 4.13.